The van der Waals surface area contributed by atoms with E-state index in [0.29, 0.717) is 24.0 Å². The van der Waals surface area contributed by atoms with Crippen LogP contribution in [0.1, 0.15) is 41.3 Å². The number of amides is 1. The molecule has 3 aromatic rings. The van der Waals surface area contributed by atoms with Crippen molar-refractivity contribution in [3.8, 4) is 0 Å². The molecule has 0 radical (unpaired) electrons. The van der Waals surface area contributed by atoms with Crippen molar-refractivity contribution in [2.24, 2.45) is 0 Å². The van der Waals surface area contributed by atoms with E-state index < -0.39 is 23.9 Å². The number of fused-ring (bicyclic) bond motifs is 1. The van der Waals surface area contributed by atoms with Crippen molar-refractivity contribution in [1.82, 2.24) is 20.3 Å². The van der Waals surface area contributed by atoms with Crippen LogP contribution in [-0.4, -0.2) is 49.1 Å². The highest BCUT2D eigenvalue weighted by Gasteiger charge is 2.21. The number of carboxylic acid groups (broad SMARTS) is 2. The molecule has 0 spiro atoms. The van der Waals surface area contributed by atoms with Gasteiger partial charge in [0, 0.05) is 30.4 Å². The van der Waals surface area contributed by atoms with Gasteiger partial charge in [0.25, 0.3) is 5.91 Å². The minimum Gasteiger partial charge on any atom is -0.481 e. The summed E-state index contributed by atoms with van der Waals surface area (Å²) in [4.78, 5) is 46.8. The molecule has 0 bridgehead atoms. The Morgan fingerprint density at radius 2 is 1.79 bits per heavy atom. The van der Waals surface area contributed by atoms with Gasteiger partial charge in [0.05, 0.1) is 5.39 Å². The number of nitrogens with one attached hydrogen (secondary N) is 2. The second kappa shape index (κ2) is 10.4. The molecule has 1 unspecified atom stereocenters. The number of hydrogen-bond donors (Lipinski definition) is 6. The van der Waals surface area contributed by atoms with Gasteiger partial charge < -0.3 is 32.3 Å². The van der Waals surface area contributed by atoms with Gasteiger partial charge in [-0.1, -0.05) is 6.92 Å². The molecule has 0 aliphatic heterocycles. The number of aliphatic carboxylic acids is 2. The molecule has 0 aliphatic carbocycles. The number of nitrogens with zero attached hydrogens (tertiary/aromatic N) is 3. The van der Waals surface area contributed by atoms with Crippen molar-refractivity contribution in [3.63, 3.8) is 0 Å². The van der Waals surface area contributed by atoms with E-state index >= 15 is 0 Å². The summed E-state index contributed by atoms with van der Waals surface area (Å²) >= 11 is 0. The predicted molar refractivity (Wildman–Crippen MR) is 125 cm³/mol. The maximum Gasteiger partial charge on any atom is 0.326 e. The fourth-order valence-electron chi connectivity index (χ4n) is 3.50. The van der Waals surface area contributed by atoms with Crippen LogP contribution in [0.5, 0.6) is 0 Å². The van der Waals surface area contributed by atoms with Gasteiger partial charge in [-0.2, -0.15) is 9.97 Å². The van der Waals surface area contributed by atoms with Crippen LogP contribution >= 0.6 is 0 Å². The number of pyridine rings is 1. The van der Waals surface area contributed by atoms with Gasteiger partial charge in [0.1, 0.15) is 11.9 Å². The minimum absolute atomic E-state index is 0.0612. The van der Waals surface area contributed by atoms with Gasteiger partial charge >= 0.3 is 11.9 Å². The molecule has 8 N–H and O–H groups in total. The number of nitrogens with two attached hydrogens (primary N) is 2. The highest BCUT2D eigenvalue weighted by Crippen LogP contribution is 2.25. The Labute approximate surface area is 194 Å². The third-order valence-electron chi connectivity index (χ3n) is 5.20. The zero-order valence-electron chi connectivity index (χ0n) is 18.4. The fourth-order valence-corrected chi connectivity index (χ4v) is 3.50. The molecule has 0 saturated heterocycles. The van der Waals surface area contributed by atoms with E-state index in [-0.39, 0.29) is 30.2 Å². The van der Waals surface area contributed by atoms with Crippen molar-refractivity contribution in [2.45, 2.75) is 38.8 Å². The van der Waals surface area contributed by atoms with Crippen molar-refractivity contribution in [2.75, 3.05) is 16.8 Å². The molecule has 2 heterocycles. The van der Waals surface area contributed by atoms with Crippen molar-refractivity contribution < 1.29 is 24.6 Å². The predicted octanol–water partition coefficient (Wildman–Crippen LogP) is 1.41. The number of hydrogen-bond acceptors (Lipinski definition) is 9. The summed E-state index contributed by atoms with van der Waals surface area (Å²) in [6.45, 7) is 2.42. The summed E-state index contributed by atoms with van der Waals surface area (Å²) in [7, 11) is 0. The molecule has 12 nitrogen and oxygen atoms in total. The van der Waals surface area contributed by atoms with Crippen LogP contribution in [0.3, 0.4) is 0 Å². The molecular formula is C22H25N7O5. The molecule has 2 aromatic heterocycles. The van der Waals surface area contributed by atoms with Crippen LogP contribution in [-0.2, 0) is 22.6 Å². The summed E-state index contributed by atoms with van der Waals surface area (Å²) in [5, 5.41) is 24.2. The van der Waals surface area contributed by atoms with Gasteiger partial charge in [-0.25, -0.2) is 9.78 Å². The zero-order valence-corrected chi connectivity index (χ0v) is 18.4. The van der Waals surface area contributed by atoms with E-state index in [0.717, 1.165) is 16.8 Å². The number of carboxylic acids is 2. The van der Waals surface area contributed by atoms with Crippen LogP contribution < -0.4 is 22.1 Å². The van der Waals surface area contributed by atoms with Crippen LogP contribution in [0.25, 0.3) is 11.0 Å². The van der Waals surface area contributed by atoms with E-state index in [1.165, 1.54) is 0 Å². The number of benzene rings is 1. The molecule has 1 atom stereocenters. The zero-order chi connectivity index (χ0) is 24.8. The Morgan fingerprint density at radius 3 is 2.41 bits per heavy atom. The number of nitrogen functional groups attached to an aromatic ring is 2. The first-order chi connectivity index (χ1) is 16.2. The average molecular weight is 467 g/mol. The second-order valence-electron chi connectivity index (χ2n) is 7.51. The Kier molecular flexibility index (Phi) is 7.41. The molecule has 178 valence electrons. The molecule has 3 rings (SSSR count). The first-order valence-electron chi connectivity index (χ1n) is 10.5. The standard InChI is InChI=1S/C22H25N7O5/c1-2-14-12(10-26-19-17(14)18(23)28-22(24)29-19)9-25-13-5-3-11(4-6-13)20(32)27-15(21(33)34)7-8-16(30)31/h3-6,10,15,25H,2,7-9H2,1H3,(H,27,32)(H,30,31)(H,33,34)(H4,23,24,26,28,29). The third-order valence-corrected chi connectivity index (χ3v) is 5.20. The normalized spacial score (nSPS) is 11.7. The maximum absolute atomic E-state index is 12.4. The maximum atomic E-state index is 12.4. The van der Waals surface area contributed by atoms with Gasteiger partial charge in [0.15, 0.2) is 5.65 Å². The van der Waals surface area contributed by atoms with Gasteiger partial charge in [-0.3, -0.25) is 9.59 Å². The van der Waals surface area contributed by atoms with Crippen LogP contribution in [0.4, 0.5) is 17.5 Å². The van der Waals surface area contributed by atoms with E-state index in [2.05, 4.69) is 25.6 Å². The Bertz CT molecular complexity index is 1230. The molecule has 34 heavy (non-hydrogen) atoms. The SMILES string of the molecule is CCc1c(CNc2ccc(C(=O)NC(CCC(=O)O)C(=O)O)cc2)cnc2nc(N)nc(N)c12. The second-order valence-corrected chi connectivity index (χ2v) is 7.51. The van der Waals surface area contributed by atoms with Crippen LogP contribution in [0, 0.1) is 0 Å². The number of rotatable bonds is 10. The van der Waals surface area contributed by atoms with Crippen molar-refractivity contribution >= 4 is 46.3 Å². The quantitative estimate of drug-likeness (QED) is 0.251. The number of anilines is 3. The van der Waals surface area contributed by atoms with Crippen LogP contribution in [0.15, 0.2) is 30.5 Å². The summed E-state index contributed by atoms with van der Waals surface area (Å²) < 4.78 is 0. The smallest absolute Gasteiger partial charge is 0.326 e. The lowest BCUT2D eigenvalue weighted by molar-refractivity contribution is -0.140. The lowest BCUT2D eigenvalue weighted by Crippen LogP contribution is -2.41. The third kappa shape index (κ3) is 5.65. The first-order valence-corrected chi connectivity index (χ1v) is 10.5. The van der Waals surface area contributed by atoms with Crippen molar-refractivity contribution in [3.05, 3.63) is 47.2 Å². The Balaban J connectivity index is 1.69. The van der Waals surface area contributed by atoms with Gasteiger partial charge in [-0.15, -0.1) is 0 Å². The first kappa shape index (κ1) is 24.2. The Hall–Kier alpha value is -4.48. The summed E-state index contributed by atoms with van der Waals surface area (Å²) in [5.74, 6) is -2.70. The highest BCUT2D eigenvalue weighted by atomic mass is 16.4. The van der Waals surface area contributed by atoms with Gasteiger partial charge in [-0.05, 0) is 48.2 Å². The molecule has 1 amide bonds. The van der Waals surface area contributed by atoms with Gasteiger partial charge in [0.2, 0.25) is 5.95 Å². The fraction of sp³-hybridized carbons (Fsp3) is 0.273. The summed E-state index contributed by atoms with van der Waals surface area (Å²) in [6.07, 6.45) is 1.80. The topological polar surface area (TPSA) is 206 Å². The van der Waals surface area contributed by atoms with E-state index in [1.807, 2.05) is 6.92 Å². The molecular weight excluding hydrogens is 442 g/mol. The van der Waals surface area contributed by atoms with Crippen molar-refractivity contribution in [1.29, 1.82) is 0 Å². The summed E-state index contributed by atoms with van der Waals surface area (Å²) in [6, 6.07) is 5.16. The molecule has 12 heteroatoms. The van der Waals surface area contributed by atoms with Crippen LogP contribution in [0.2, 0.25) is 0 Å². The Morgan fingerprint density at radius 1 is 1.09 bits per heavy atom. The molecule has 0 aliphatic rings. The molecule has 1 aromatic carbocycles. The number of aromatic nitrogens is 3. The van der Waals surface area contributed by atoms with E-state index in [1.54, 1.807) is 30.5 Å². The monoisotopic (exact) mass is 467 g/mol. The summed E-state index contributed by atoms with van der Waals surface area (Å²) in [5.41, 5.74) is 15.0. The number of carbonyl (C=O) groups is 3. The number of carbonyl (C=O) groups excluding carboxylic acids is 1. The minimum atomic E-state index is -1.29. The lowest BCUT2D eigenvalue weighted by atomic mass is 10.0. The number of aryl methyl sites for hydroxylation is 1. The average Bonchev–Trinajstić information content (AvgIpc) is 2.79. The molecule has 0 saturated carbocycles. The lowest BCUT2D eigenvalue weighted by Gasteiger charge is -2.15. The van der Waals surface area contributed by atoms with E-state index in [4.69, 9.17) is 16.6 Å². The largest absolute Gasteiger partial charge is 0.481 e. The molecule has 0 fully saturated rings. The van der Waals surface area contributed by atoms with E-state index in [9.17, 15) is 19.5 Å². The highest BCUT2D eigenvalue weighted by molar-refractivity contribution is 5.97.